The van der Waals surface area contributed by atoms with Crippen LogP contribution in [-0.2, 0) is 54.5 Å². The van der Waals surface area contributed by atoms with E-state index < -0.39 is 59.4 Å². The van der Waals surface area contributed by atoms with Crippen molar-refractivity contribution in [2.75, 3.05) is 5.32 Å². The average molecular weight is 788 g/mol. The van der Waals surface area contributed by atoms with Gasteiger partial charge in [0.25, 0.3) is 0 Å². The van der Waals surface area contributed by atoms with Crippen LogP contribution in [0.25, 0.3) is 0 Å². The van der Waals surface area contributed by atoms with Crippen LogP contribution in [0.5, 0.6) is 0 Å². The van der Waals surface area contributed by atoms with E-state index in [2.05, 4.69) is 37.2 Å². The lowest BCUT2D eigenvalue weighted by molar-refractivity contribution is -0.144. The topological polar surface area (TPSA) is 171 Å². The van der Waals surface area contributed by atoms with Crippen LogP contribution in [0.15, 0.2) is 101 Å². The van der Waals surface area contributed by atoms with Crippen molar-refractivity contribution >= 4 is 68.3 Å². The van der Waals surface area contributed by atoms with Crippen LogP contribution in [0.2, 0.25) is 0 Å². The highest BCUT2D eigenvalue weighted by Gasteiger charge is 2.32. The van der Waals surface area contributed by atoms with Gasteiger partial charge in [0.05, 0.1) is 12.0 Å². The molecule has 0 spiro atoms. The van der Waals surface area contributed by atoms with Crippen molar-refractivity contribution in [1.82, 2.24) is 16.0 Å². The molecule has 3 heterocycles. The summed E-state index contributed by atoms with van der Waals surface area (Å²) in [7, 11) is 0. The Morgan fingerprint density at radius 3 is 1.94 bits per heavy atom. The van der Waals surface area contributed by atoms with Crippen molar-refractivity contribution in [3.8, 4) is 0 Å². The molecule has 6 rings (SSSR count). The Bertz CT molecular complexity index is 1870. The Kier molecular flexibility index (Phi) is 13.5. The fourth-order valence-corrected chi connectivity index (χ4v) is 6.92. The number of carboxylic acid groups (broad SMARTS) is 1. The van der Waals surface area contributed by atoms with E-state index in [1.807, 2.05) is 35.7 Å². The maximum Gasteiger partial charge on any atom is 0.307 e. The summed E-state index contributed by atoms with van der Waals surface area (Å²) in [6.07, 6.45) is -0.357. The van der Waals surface area contributed by atoms with Gasteiger partial charge in [0.15, 0.2) is 5.78 Å². The molecule has 5 N–H and O–H groups in total. The van der Waals surface area contributed by atoms with Crippen LogP contribution < -0.4 is 21.3 Å². The Morgan fingerprint density at radius 1 is 0.673 bits per heavy atom. The largest absolute Gasteiger partial charge is 0.481 e. The van der Waals surface area contributed by atoms with Crippen molar-refractivity contribution in [1.29, 1.82) is 0 Å². The number of carboxylic acids is 1. The predicted octanol–water partition coefficient (Wildman–Crippen LogP) is 4.63. The number of hydrogen-bond donors (Lipinski definition) is 5. The number of amides is 4. The van der Waals surface area contributed by atoms with Gasteiger partial charge in [-0.05, 0) is 65.2 Å². The van der Waals surface area contributed by atoms with E-state index in [0.717, 1.165) is 20.5 Å². The molecule has 11 nitrogen and oxygen atoms in total. The quantitative estimate of drug-likeness (QED) is 0.170. The summed E-state index contributed by atoms with van der Waals surface area (Å²) in [5.74, 6) is -4.93. The molecule has 2 aliphatic heterocycles. The van der Waals surface area contributed by atoms with Gasteiger partial charge in [0.1, 0.15) is 12.1 Å². The van der Waals surface area contributed by atoms with Crippen LogP contribution in [0.3, 0.4) is 0 Å². The summed E-state index contributed by atoms with van der Waals surface area (Å²) in [5.41, 5.74) is 2.58. The number of aliphatic carboxylic acids is 1. The molecule has 13 heteroatoms. The smallest absolute Gasteiger partial charge is 0.307 e. The summed E-state index contributed by atoms with van der Waals surface area (Å²) in [6, 6.07) is 23.2. The standard InChI is InChI=1S/C39H39BrN4O7S/c40-28-12-8-26(9-13-28)21-32-37(48)43-31(20-24-5-2-1-3-6-24)34(45)22-27(39(50)51)19-25-10-14-29(15-11-25)41-35(46)16-17-36(47)42-33(38(49)44-32)23-30-7-4-18-52-30/h1-15,18,27,31-33H,16-17,19-23H2,(H,41,46)(H,42,47)(H,43,48)(H,44,49)(H,50,51)/t27-,31-,32+,33-/m1/s1. The molecule has 270 valence electrons. The molecule has 0 saturated carbocycles. The molecular weight excluding hydrogens is 748 g/mol. The molecule has 4 amide bonds. The second-order valence-electron chi connectivity index (χ2n) is 12.7. The Hall–Kier alpha value is -5.14. The zero-order valence-corrected chi connectivity index (χ0v) is 30.6. The zero-order chi connectivity index (χ0) is 37.0. The van der Waals surface area contributed by atoms with Crippen LogP contribution in [0.4, 0.5) is 5.69 Å². The fourth-order valence-electron chi connectivity index (χ4n) is 5.90. The third-order valence-electron chi connectivity index (χ3n) is 8.71. The number of Topliss-reactive ketones (excluding diaryl/α,β-unsaturated/α-hetero) is 1. The van der Waals surface area contributed by atoms with E-state index >= 15 is 0 Å². The maximum absolute atomic E-state index is 14.2. The maximum atomic E-state index is 14.2. The van der Waals surface area contributed by atoms with Gasteiger partial charge in [-0.3, -0.25) is 28.8 Å². The number of anilines is 1. The summed E-state index contributed by atoms with van der Waals surface area (Å²) in [4.78, 5) is 81.2. The second kappa shape index (κ2) is 18.4. The Morgan fingerprint density at radius 2 is 1.29 bits per heavy atom. The van der Waals surface area contributed by atoms with Crippen LogP contribution in [0.1, 0.15) is 40.8 Å². The minimum Gasteiger partial charge on any atom is -0.481 e. The van der Waals surface area contributed by atoms with Crippen LogP contribution >= 0.6 is 27.3 Å². The van der Waals surface area contributed by atoms with E-state index in [-0.39, 0.29) is 44.9 Å². The summed E-state index contributed by atoms with van der Waals surface area (Å²) in [6.45, 7) is 0. The fraction of sp³-hybridized carbons (Fsp3) is 0.282. The van der Waals surface area contributed by atoms with Gasteiger partial charge in [0, 0.05) is 47.1 Å². The Labute approximate surface area is 313 Å². The number of carbonyl (C=O) groups is 6. The first-order chi connectivity index (χ1) is 25.0. The minimum absolute atomic E-state index is 0.0371. The van der Waals surface area contributed by atoms with E-state index in [0.29, 0.717) is 11.3 Å². The molecule has 2 aliphatic rings. The first kappa shape index (κ1) is 38.1. The van der Waals surface area contributed by atoms with Gasteiger partial charge in [-0.15, -0.1) is 11.3 Å². The molecule has 4 atom stereocenters. The molecule has 0 aliphatic carbocycles. The molecule has 4 aromatic rings. The van der Waals surface area contributed by atoms with E-state index in [1.54, 1.807) is 60.7 Å². The average Bonchev–Trinajstić information content (AvgIpc) is 3.64. The number of halogens is 1. The van der Waals surface area contributed by atoms with Crippen molar-refractivity contribution in [2.24, 2.45) is 5.92 Å². The van der Waals surface area contributed by atoms with E-state index in [4.69, 9.17) is 0 Å². The number of hydrogen-bond acceptors (Lipinski definition) is 7. The van der Waals surface area contributed by atoms with Crippen molar-refractivity contribution in [3.63, 3.8) is 0 Å². The number of carbonyl (C=O) groups excluding carboxylic acids is 5. The Balaban J connectivity index is 1.50. The number of ketones is 1. The summed E-state index contributed by atoms with van der Waals surface area (Å²) in [5, 5.41) is 23.1. The molecule has 0 saturated heterocycles. The van der Waals surface area contributed by atoms with Crippen molar-refractivity contribution in [3.05, 3.63) is 122 Å². The van der Waals surface area contributed by atoms with E-state index in [9.17, 15) is 33.9 Å². The molecule has 3 aromatic carbocycles. The van der Waals surface area contributed by atoms with Gasteiger partial charge in [0.2, 0.25) is 23.6 Å². The molecule has 0 unspecified atom stereocenters. The molecular formula is C39H39BrN4O7S. The first-order valence-corrected chi connectivity index (χ1v) is 18.5. The highest BCUT2D eigenvalue weighted by molar-refractivity contribution is 9.10. The lowest BCUT2D eigenvalue weighted by Crippen LogP contribution is -2.57. The molecule has 0 fully saturated rings. The predicted molar refractivity (Wildman–Crippen MR) is 201 cm³/mol. The SMILES string of the molecule is O=C1CCC(=O)N[C@H](Cc2cccs2)C(=O)N[C@@H](Cc2ccc(Br)cc2)C(=O)N[C@H](Cc2ccccc2)C(=O)C[C@H](C(=O)O)Cc2ccc(cc2)N1. The molecule has 0 radical (unpaired) electrons. The van der Waals surface area contributed by atoms with Gasteiger partial charge in [-0.25, -0.2) is 0 Å². The van der Waals surface area contributed by atoms with Gasteiger partial charge in [-0.1, -0.05) is 76.6 Å². The number of thiophene rings is 1. The highest BCUT2D eigenvalue weighted by Crippen LogP contribution is 2.20. The first-order valence-electron chi connectivity index (χ1n) is 16.9. The summed E-state index contributed by atoms with van der Waals surface area (Å²) >= 11 is 4.82. The van der Waals surface area contributed by atoms with Gasteiger partial charge < -0.3 is 26.4 Å². The van der Waals surface area contributed by atoms with Gasteiger partial charge >= 0.3 is 5.97 Å². The molecule has 2 bridgehead atoms. The third kappa shape index (κ3) is 11.4. The monoisotopic (exact) mass is 786 g/mol. The zero-order valence-electron chi connectivity index (χ0n) is 28.2. The number of nitrogens with one attached hydrogen (secondary N) is 4. The summed E-state index contributed by atoms with van der Waals surface area (Å²) < 4.78 is 0.821. The van der Waals surface area contributed by atoms with E-state index in [1.165, 1.54) is 11.3 Å². The third-order valence-corrected chi connectivity index (χ3v) is 10.1. The minimum atomic E-state index is -1.17. The number of fused-ring (bicyclic) bond motifs is 18. The molecule has 52 heavy (non-hydrogen) atoms. The van der Waals surface area contributed by atoms with Gasteiger partial charge in [-0.2, -0.15) is 0 Å². The number of benzene rings is 3. The highest BCUT2D eigenvalue weighted by atomic mass is 79.9. The van der Waals surface area contributed by atoms with Crippen LogP contribution in [-0.4, -0.2) is 58.6 Å². The van der Waals surface area contributed by atoms with Crippen molar-refractivity contribution in [2.45, 2.75) is 63.1 Å². The van der Waals surface area contributed by atoms with Crippen LogP contribution in [0, 0.1) is 5.92 Å². The lowest BCUT2D eigenvalue weighted by Gasteiger charge is -2.26. The molecule has 1 aromatic heterocycles. The van der Waals surface area contributed by atoms with Crippen molar-refractivity contribution < 1.29 is 33.9 Å². The normalized spacial score (nSPS) is 20.9. The lowest BCUT2D eigenvalue weighted by atomic mass is 9.90. The number of rotatable bonds is 7. The second-order valence-corrected chi connectivity index (χ2v) is 14.6.